The molecular weight excluding hydrogens is 450 g/mol. The van der Waals surface area contributed by atoms with Crippen molar-refractivity contribution in [3.05, 3.63) is 89.5 Å². The van der Waals surface area contributed by atoms with Gasteiger partial charge in [0.15, 0.2) is 0 Å². The second-order valence-corrected chi connectivity index (χ2v) is 9.05. The van der Waals surface area contributed by atoms with Gasteiger partial charge in [-0.15, -0.1) is 0 Å². The van der Waals surface area contributed by atoms with Gasteiger partial charge in [0.2, 0.25) is 15.9 Å². The molecular formula is C24H24F2N2O4S. The van der Waals surface area contributed by atoms with Crippen LogP contribution < -0.4 is 14.8 Å². The Hall–Kier alpha value is -3.30. The van der Waals surface area contributed by atoms with Crippen LogP contribution in [0.2, 0.25) is 0 Å². The zero-order valence-electron chi connectivity index (χ0n) is 18.1. The number of halogens is 2. The molecule has 1 atom stereocenters. The first-order valence-electron chi connectivity index (χ1n) is 10.2. The van der Waals surface area contributed by atoms with Crippen LogP contribution in [-0.4, -0.2) is 27.0 Å². The third kappa shape index (κ3) is 6.36. The van der Waals surface area contributed by atoms with Crippen LogP contribution in [0.25, 0.3) is 0 Å². The predicted molar refractivity (Wildman–Crippen MR) is 122 cm³/mol. The summed E-state index contributed by atoms with van der Waals surface area (Å²) < 4.78 is 61.5. The van der Waals surface area contributed by atoms with E-state index in [0.29, 0.717) is 23.5 Å². The van der Waals surface area contributed by atoms with E-state index in [1.54, 1.807) is 43.3 Å². The average molecular weight is 475 g/mol. The Morgan fingerprint density at radius 3 is 2.42 bits per heavy atom. The molecule has 0 aliphatic rings. The second kappa shape index (κ2) is 10.5. The Balaban J connectivity index is 1.89. The smallest absolute Gasteiger partial charge is 0.242 e. The molecule has 6 nitrogen and oxygen atoms in total. The average Bonchev–Trinajstić information content (AvgIpc) is 2.78. The Bertz CT molecular complexity index is 1230. The monoisotopic (exact) mass is 474 g/mol. The summed E-state index contributed by atoms with van der Waals surface area (Å²) in [7, 11) is -4.12. The second-order valence-electron chi connectivity index (χ2n) is 7.34. The minimum Gasteiger partial charge on any atom is -0.494 e. The van der Waals surface area contributed by atoms with Gasteiger partial charge in [0.25, 0.3) is 0 Å². The fraction of sp³-hybridized carbons (Fsp3) is 0.208. The summed E-state index contributed by atoms with van der Waals surface area (Å²) in [6.07, 6.45) is -0.00114. The predicted octanol–water partition coefficient (Wildman–Crippen LogP) is 4.20. The third-order valence-corrected chi connectivity index (χ3v) is 6.31. The van der Waals surface area contributed by atoms with Crippen LogP contribution >= 0.6 is 0 Å². The number of carbonyl (C=O) groups excluding carboxylic acids is 1. The number of rotatable bonds is 9. The van der Waals surface area contributed by atoms with E-state index in [9.17, 15) is 22.0 Å². The number of aryl methyl sites for hydroxylation is 1. The molecule has 0 unspecified atom stereocenters. The van der Waals surface area contributed by atoms with Crippen molar-refractivity contribution in [3.8, 4) is 5.75 Å². The largest absolute Gasteiger partial charge is 0.494 e. The van der Waals surface area contributed by atoms with E-state index < -0.39 is 33.6 Å². The van der Waals surface area contributed by atoms with Crippen LogP contribution in [-0.2, 0) is 21.2 Å². The summed E-state index contributed by atoms with van der Waals surface area (Å²) in [6.45, 7) is 3.96. The van der Waals surface area contributed by atoms with Crippen molar-refractivity contribution in [1.29, 1.82) is 0 Å². The molecule has 0 spiro atoms. The Morgan fingerprint density at radius 1 is 1.03 bits per heavy atom. The molecule has 0 bridgehead atoms. The van der Waals surface area contributed by atoms with E-state index in [4.69, 9.17) is 4.74 Å². The van der Waals surface area contributed by atoms with Gasteiger partial charge in [-0.3, -0.25) is 4.79 Å². The highest BCUT2D eigenvalue weighted by molar-refractivity contribution is 7.89. The standard InChI is InChI=1S/C24H24F2N2O4S/c1-3-32-23-12-10-19(13-16(23)2)33(30,31)28-22(14-17-7-5-4-6-8-17)24(29)27-21-15-18(25)9-11-20(21)26/h4-13,15,22,28H,3,14H2,1-2H3,(H,27,29)/t22-/m1/s1. The molecule has 0 aliphatic carbocycles. The van der Waals surface area contributed by atoms with Gasteiger partial charge in [0, 0.05) is 6.07 Å². The first-order chi connectivity index (χ1) is 15.7. The van der Waals surface area contributed by atoms with E-state index in [2.05, 4.69) is 10.0 Å². The molecule has 9 heteroatoms. The highest BCUT2D eigenvalue weighted by atomic mass is 32.2. The maximum atomic E-state index is 14.0. The SMILES string of the molecule is CCOc1ccc(S(=O)(=O)N[C@H](Cc2ccccc2)C(=O)Nc2cc(F)ccc2F)cc1C. The number of ether oxygens (including phenoxy) is 1. The number of benzene rings is 3. The van der Waals surface area contributed by atoms with Crippen molar-refractivity contribution in [2.45, 2.75) is 31.2 Å². The van der Waals surface area contributed by atoms with Gasteiger partial charge >= 0.3 is 0 Å². The van der Waals surface area contributed by atoms with Gasteiger partial charge in [0.05, 0.1) is 17.2 Å². The maximum absolute atomic E-state index is 14.0. The molecule has 3 aromatic carbocycles. The fourth-order valence-corrected chi connectivity index (χ4v) is 4.49. The first kappa shape index (κ1) is 24.3. The van der Waals surface area contributed by atoms with Gasteiger partial charge in [0.1, 0.15) is 23.4 Å². The molecule has 0 radical (unpaired) electrons. The highest BCUT2D eigenvalue weighted by Gasteiger charge is 2.27. The molecule has 0 saturated carbocycles. The summed E-state index contributed by atoms with van der Waals surface area (Å²) >= 11 is 0. The topological polar surface area (TPSA) is 84.5 Å². The quantitative estimate of drug-likeness (QED) is 0.487. The summed E-state index contributed by atoms with van der Waals surface area (Å²) in [5.74, 6) is -1.85. The number of hydrogen-bond acceptors (Lipinski definition) is 4. The summed E-state index contributed by atoms with van der Waals surface area (Å²) in [6, 6.07) is 14.5. The molecule has 2 N–H and O–H groups in total. The van der Waals surface area contributed by atoms with Crippen LogP contribution in [0, 0.1) is 18.6 Å². The number of amides is 1. The molecule has 174 valence electrons. The Kier molecular flexibility index (Phi) is 7.78. The highest BCUT2D eigenvalue weighted by Crippen LogP contribution is 2.23. The minimum atomic E-state index is -4.12. The molecule has 0 aromatic heterocycles. The van der Waals surface area contributed by atoms with Crippen LogP contribution in [0.3, 0.4) is 0 Å². The molecule has 33 heavy (non-hydrogen) atoms. The van der Waals surface area contributed by atoms with Gasteiger partial charge < -0.3 is 10.1 Å². The zero-order chi connectivity index (χ0) is 24.0. The zero-order valence-corrected chi connectivity index (χ0v) is 19.0. The molecule has 0 saturated heterocycles. The summed E-state index contributed by atoms with van der Waals surface area (Å²) in [4.78, 5) is 12.9. The minimum absolute atomic E-state index is 0.00114. The number of sulfonamides is 1. The van der Waals surface area contributed by atoms with Crippen molar-refractivity contribution in [1.82, 2.24) is 4.72 Å². The van der Waals surface area contributed by atoms with Gasteiger partial charge in [-0.05, 0) is 61.7 Å². The van der Waals surface area contributed by atoms with E-state index in [0.717, 1.165) is 18.2 Å². The van der Waals surface area contributed by atoms with E-state index in [1.807, 2.05) is 6.92 Å². The lowest BCUT2D eigenvalue weighted by Crippen LogP contribution is -2.45. The molecule has 0 aliphatic heterocycles. The maximum Gasteiger partial charge on any atom is 0.242 e. The van der Waals surface area contributed by atoms with Crippen LogP contribution in [0.1, 0.15) is 18.1 Å². The molecule has 3 aromatic rings. The number of anilines is 1. The lowest BCUT2D eigenvalue weighted by Gasteiger charge is -2.19. The van der Waals surface area contributed by atoms with Crippen LogP contribution in [0.5, 0.6) is 5.75 Å². The summed E-state index contributed by atoms with van der Waals surface area (Å²) in [5, 5.41) is 2.28. The molecule has 3 rings (SSSR count). The lowest BCUT2D eigenvalue weighted by molar-refractivity contribution is -0.117. The normalized spacial score (nSPS) is 12.2. The number of carbonyl (C=O) groups is 1. The van der Waals surface area contributed by atoms with Crippen molar-refractivity contribution in [2.24, 2.45) is 0 Å². The van der Waals surface area contributed by atoms with Crippen molar-refractivity contribution in [2.75, 3.05) is 11.9 Å². The lowest BCUT2D eigenvalue weighted by atomic mass is 10.1. The molecule has 1 amide bonds. The van der Waals surface area contributed by atoms with Crippen molar-refractivity contribution < 1.29 is 26.7 Å². The van der Waals surface area contributed by atoms with Crippen LogP contribution in [0.4, 0.5) is 14.5 Å². The van der Waals surface area contributed by atoms with Crippen molar-refractivity contribution in [3.63, 3.8) is 0 Å². The van der Waals surface area contributed by atoms with E-state index >= 15 is 0 Å². The Labute approximate surface area is 191 Å². The summed E-state index contributed by atoms with van der Waals surface area (Å²) in [5.41, 5.74) is 0.919. The third-order valence-electron chi connectivity index (χ3n) is 4.84. The Morgan fingerprint density at radius 2 is 1.76 bits per heavy atom. The van der Waals surface area contributed by atoms with E-state index in [1.165, 1.54) is 12.1 Å². The van der Waals surface area contributed by atoms with Crippen LogP contribution in [0.15, 0.2) is 71.6 Å². The molecule has 0 heterocycles. The van der Waals surface area contributed by atoms with Gasteiger partial charge in [-0.2, -0.15) is 4.72 Å². The fourth-order valence-electron chi connectivity index (χ4n) is 3.21. The van der Waals surface area contributed by atoms with Gasteiger partial charge in [-0.25, -0.2) is 17.2 Å². The number of nitrogens with one attached hydrogen (secondary N) is 2. The van der Waals surface area contributed by atoms with Crippen molar-refractivity contribution >= 4 is 21.6 Å². The number of hydrogen-bond donors (Lipinski definition) is 2. The first-order valence-corrected chi connectivity index (χ1v) is 11.7. The van der Waals surface area contributed by atoms with E-state index in [-0.39, 0.29) is 17.0 Å². The molecule has 0 fully saturated rings. The van der Waals surface area contributed by atoms with Gasteiger partial charge in [-0.1, -0.05) is 30.3 Å².